The fourth-order valence-corrected chi connectivity index (χ4v) is 2.25. The van der Waals surface area contributed by atoms with Gasteiger partial charge in [0.15, 0.2) is 0 Å². The van der Waals surface area contributed by atoms with Gasteiger partial charge >= 0.3 is 6.61 Å². The van der Waals surface area contributed by atoms with Gasteiger partial charge in [0.2, 0.25) is 5.88 Å². The Hall–Kier alpha value is -2.83. The Morgan fingerprint density at radius 1 is 1.00 bits per heavy atom. The van der Waals surface area contributed by atoms with E-state index < -0.39 is 12.4 Å². The first-order valence-electron chi connectivity index (χ1n) is 7.19. The molecule has 0 unspecified atom stereocenters. The first-order chi connectivity index (χ1) is 11.6. The third kappa shape index (κ3) is 3.73. The van der Waals surface area contributed by atoms with Gasteiger partial charge in [-0.25, -0.2) is 14.4 Å². The van der Waals surface area contributed by atoms with Gasteiger partial charge in [-0.3, -0.25) is 0 Å². The van der Waals surface area contributed by atoms with Gasteiger partial charge in [-0.2, -0.15) is 8.78 Å². The zero-order valence-corrected chi connectivity index (χ0v) is 12.5. The Labute approximate surface area is 135 Å². The second kappa shape index (κ2) is 7.16. The Balaban J connectivity index is 1.64. The summed E-state index contributed by atoms with van der Waals surface area (Å²) in [5, 5.41) is 0.498. The summed E-state index contributed by atoms with van der Waals surface area (Å²) < 4.78 is 47.7. The molecule has 0 radical (unpaired) electrons. The van der Waals surface area contributed by atoms with Crippen LogP contribution in [0.3, 0.4) is 0 Å². The molecule has 0 fully saturated rings. The molecule has 4 nitrogen and oxygen atoms in total. The maximum absolute atomic E-state index is 13.7. The number of benzene rings is 2. The molecular formula is C17H13F3N2O2. The van der Waals surface area contributed by atoms with E-state index >= 15 is 0 Å². The Morgan fingerprint density at radius 3 is 2.54 bits per heavy atom. The van der Waals surface area contributed by atoms with Crippen molar-refractivity contribution in [2.45, 2.75) is 13.0 Å². The van der Waals surface area contributed by atoms with Crippen LogP contribution in [0.2, 0.25) is 0 Å². The molecule has 0 aliphatic heterocycles. The summed E-state index contributed by atoms with van der Waals surface area (Å²) >= 11 is 0. The molecule has 3 aromatic rings. The molecule has 0 saturated heterocycles. The lowest BCUT2D eigenvalue weighted by molar-refractivity contribution is -0.0498. The summed E-state index contributed by atoms with van der Waals surface area (Å²) in [6, 6.07) is 10.9. The molecule has 0 bridgehead atoms. The zero-order chi connectivity index (χ0) is 16.9. The van der Waals surface area contributed by atoms with Gasteiger partial charge in [0, 0.05) is 6.42 Å². The highest BCUT2D eigenvalue weighted by Gasteiger charge is 2.08. The van der Waals surface area contributed by atoms with Crippen molar-refractivity contribution in [1.29, 1.82) is 0 Å². The highest BCUT2D eigenvalue weighted by molar-refractivity contribution is 5.83. The lowest BCUT2D eigenvalue weighted by Crippen LogP contribution is -2.04. The number of ether oxygens (including phenoxy) is 2. The largest absolute Gasteiger partial charge is 0.477 e. The van der Waals surface area contributed by atoms with Gasteiger partial charge in [-0.05, 0) is 29.8 Å². The lowest BCUT2D eigenvalue weighted by Gasteiger charge is -2.09. The molecule has 1 aromatic heterocycles. The highest BCUT2D eigenvalue weighted by atomic mass is 19.3. The molecule has 7 heteroatoms. The van der Waals surface area contributed by atoms with E-state index in [0.717, 1.165) is 5.56 Å². The number of para-hydroxylation sites is 1. The summed E-state index contributed by atoms with van der Waals surface area (Å²) in [4.78, 5) is 7.92. The van der Waals surface area contributed by atoms with E-state index in [1.807, 2.05) is 0 Å². The first kappa shape index (κ1) is 16.0. The van der Waals surface area contributed by atoms with Crippen LogP contribution in [0.15, 0.2) is 48.8 Å². The molecule has 0 amide bonds. The number of hydrogen-bond donors (Lipinski definition) is 0. The topological polar surface area (TPSA) is 44.2 Å². The second-order valence-electron chi connectivity index (χ2n) is 4.94. The minimum absolute atomic E-state index is 0.104. The van der Waals surface area contributed by atoms with E-state index in [-0.39, 0.29) is 11.3 Å². The summed E-state index contributed by atoms with van der Waals surface area (Å²) in [5.74, 6) is -0.0292. The first-order valence-corrected chi connectivity index (χ1v) is 7.19. The van der Waals surface area contributed by atoms with Crippen LogP contribution in [-0.2, 0) is 6.42 Å². The molecular weight excluding hydrogens is 321 g/mol. The fourth-order valence-electron chi connectivity index (χ4n) is 2.25. The van der Waals surface area contributed by atoms with Crippen molar-refractivity contribution in [3.05, 3.63) is 60.2 Å². The molecule has 0 saturated carbocycles. The van der Waals surface area contributed by atoms with Crippen LogP contribution in [-0.4, -0.2) is 23.2 Å². The monoisotopic (exact) mass is 334 g/mol. The third-order valence-electron chi connectivity index (χ3n) is 3.36. The average Bonchev–Trinajstić information content (AvgIpc) is 2.57. The maximum atomic E-state index is 13.7. The molecule has 124 valence electrons. The van der Waals surface area contributed by atoms with E-state index in [0.29, 0.717) is 24.3 Å². The smallest absolute Gasteiger partial charge is 0.387 e. The van der Waals surface area contributed by atoms with Crippen molar-refractivity contribution < 1.29 is 22.6 Å². The minimum Gasteiger partial charge on any atom is -0.477 e. The number of hydrogen-bond acceptors (Lipinski definition) is 4. The van der Waals surface area contributed by atoms with E-state index in [1.165, 1.54) is 24.5 Å². The zero-order valence-electron chi connectivity index (χ0n) is 12.5. The van der Waals surface area contributed by atoms with Crippen LogP contribution in [0.5, 0.6) is 11.6 Å². The summed E-state index contributed by atoms with van der Waals surface area (Å²) in [5.41, 5.74) is 1.09. The van der Waals surface area contributed by atoms with Crippen molar-refractivity contribution in [2.75, 3.05) is 6.61 Å². The number of halogens is 3. The van der Waals surface area contributed by atoms with E-state index in [1.54, 1.807) is 24.3 Å². The summed E-state index contributed by atoms with van der Waals surface area (Å²) in [6.45, 7) is -2.54. The summed E-state index contributed by atoms with van der Waals surface area (Å²) in [7, 11) is 0. The van der Waals surface area contributed by atoms with E-state index in [9.17, 15) is 13.2 Å². The summed E-state index contributed by atoms with van der Waals surface area (Å²) in [6.07, 6.45) is 1.78. The number of rotatable bonds is 6. The Morgan fingerprint density at radius 2 is 1.79 bits per heavy atom. The van der Waals surface area contributed by atoms with E-state index in [2.05, 4.69) is 14.7 Å². The van der Waals surface area contributed by atoms with Crippen molar-refractivity contribution in [2.24, 2.45) is 0 Å². The molecule has 0 atom stereocenters. The van der Waals surface area contributed by atoms with Gasteiger partial charge in [0.1, 0.15) is 23.4 Å². The third-order valence-corrected chi connectivity index (χ3v) is 3.36. The number of aromatic nitrogens is 2. The van der Waals surface area contributed by atoms with Crippen LogP contribution >= 0.6 is 0 Å². The molecule has 2 aromatic carbocycles. The Bertz CT molecular complexity index is 826. The Kier molecular flexibility index (Phi) is 4.79. The van der Waals surface area contributed by atoms with Crippen molar-refractivity contribution in [1.82, 2.24) is 9.97 Å². The molecule has 0 spiro atoms. The predicted octanol–water partition coefficient (Wildman–Crippen LogP) is 3.99. The van der Waals surface area contributed by atoms with Gasteiger partial charge in [0.25, 0.3) is 0 Å². The lowest BCUT2D eigenvalue weighted by atomic mass is 10.1. The standard InChI is InChI=1S/C17H13F3N2O2/c18-14-3-1-2-13-15(14)21-10-22-16(13)23-9-8-11-4-6-12(7-5-11)24-17(19)20/h1-7,10,17H,8-9H2. The van der Waals surface area contributed by atoms with Crippen molar-refractivity contribution in [3.8, 4) is 11.6 Å². The van der Waals surface area contributed by atoms with Gasteiger partial charge < -0.3 is 9.47 Å². The predicted molar refractivity (Wildman–Crippen MR) is 81.8 cm³/mol. The molecule has 1 heterocycles. The molecule has 0 aliphatic rings. The van der Waals surface area contributed by atoms with E-state index in [4.69, 9.17) is 4.74 Å². The molecule has 24 heavy (non-hydrogen) atoms. The molecule has 3 rings (SSSR count). The van der Waals surface area contributed by atoms with Crippen LogP contribution in [0, 0.1) is 5.82 Å². The highest BCUT2D eigenvalue weighted by Crippen LogP contribution is 2.23. The SMILES string of the molecule is Fc1cccc2c(OCCc3ccc(OC(F)F)cc3)ncnc12. The number of alkyl halides is 2. The van der Waals surface area contributed by atoms with Gasteiger partial charge in [0.05, 0.1) is 12.0 Å². The number of nitrogens with zero attached hydrogens (tertiary/aromatic N) is 2. The van der Waals surface area contributed by atoms with Crippen LogP contribution in [0.4, 0.5) is 13.2 Å². The fraction of sp³-hybridized carbons (Fsp3) is 0.176. The van der Waals surface area contributed by atoms with Gasteiger partial charge in [-0.15, -0.1) is 0 Å². The molecule has 0 aliphatic carbocycles. The van der Waals surface area contributed by atoms with Crippen LogP contribution in [0.25, 0.3) is 10.9 Å². The quantitative estimate of drug-likeness (QED) is 0.684. The average molecular weight is 334 g/mol. The maximum Gasteiger partial charge on any atom is 0.387 e. The molecule has 0 N–H and O–H groups in total. The van der Waals surface area contributed by atoms with Crippen molar-refractivity contribution >= 4 is 10.9 Å². The second-order valence-corrected chi connectivity index (χ2v) is 4.94. The minimum atomic E-state index is -2.84. The normalized spacial score (nSPS) is 11.0. The van der Waals surface area contributed by atoms with Crippen LogP contribution < -0.4 is 9.47 Å². The van der Waals surface area contributed by atoms with Gasteiger partial charge in [-0.1, -0.05) is 18.2 Å². The number of fused-ring (bicyclic) bond motifs is 1. The van der Waals surface area contributed by atoms with Crippen LogP contribution in [0.1, 0.15) is 5.56 Å². The van der Waals surface area contributed by atoms with Crippen molar-refractivity contribution in [3.63, 3.8) is 0 Å².